The number of hydrogen-bond acceptors (Lipinski definition) is 5. The summed E-state index contributed by atoms with van der Waals surface area (Å²) >= 11 is 0. The molecule has 5 heteroatoms. The van der Waals surface area contributed by atoms with Gasteiger partial charge < -0.3 is 15.2 Å². The second-order valence-corrected chi connectivity index (χ2v) is 3.79. The SMILES string of the molecule is CCCc1nc(CCOCCOC)ncc1N. The molecule has 1 heterocycles. The molecule has 0 aliphatic rings. The van der Waals surface area contributed by atoms with Gasteiger partial charge in [-0.3, -0.25) is 0 Å². The Labute approximate surface area is 102 Å². The third-order valence-electron chi connectivity index (χ3n) is 2.34. The topological polar surface area (TPSA) is 70.3 Å². The van der Waals surface area contributed by atoms with Gasteiger partial charge in [0.15, 0.2) is 0 Å². The molecule has 5 nitrogen and oxygen atoms in total. The fourth-order valence-electron chi connectivity index (χ4n) is 1.43. The molecule has 0 aromatic carbocycles. The van der Waals surface area contributed by atoms with Crippen LogP contribution in [-0.4, -0.2) is 36.9 Å². The lowest BCUT2D eigenvalue weighted by Gasteiger charge is -2.06. The summed E-state index contributed by atoms with van der Waals surface area (Å²) in [6.45, 7) is 3.94. The number of nitrogens with zero attached hydrogens (tertiary/aromatic N) is 2. The number of aryl methyl sites for hydroxylation is 1. The van der Waals surface area contributed by atoms with Crippen LogP contribution < -0.4 is 5.73 Å². The molecule has 17 heavy (non-hydrogen) atoms. The quantitative estimate of drug-likeness (QED) is 0.691. The summed E-state index contributed by atoms with van der Waals surface area (Å²) in [7, 11) is 1.66. The molecule has 0 saturated carbocycles. The highest BCUT2D eigenvalue weighted by Crippen LogP contribution is 2.09. The van der Waals surface area contributed by atoms with Crippen LogP contribution in [0.25, 0.3) is 0 Å². The van der Waals surface area contributed by atoms with Crippen LogP contribution in [0.15, 0.2) is 6.20 Å². The highest BCUT2D eigenvalue weighted by atomic mass is 16.5. The fourth-order valence-corrected chi connectivity index (χ4v) is 1.43. The van der Waals surface area contributed by atoms with Gasteiger partial charge in [-0.15, -0.1) is 0 Å². The van der Waals surface area contributed by atoms with Crippen molar-refractivity contribution in [1.29, 1.82) is 0 Å². The first-order valence-corrected chi connectivity index (χ1v) is 5.94. The number of rotatable bonds is 8. The van der Waals surface area contributed by atoms with E-state index in [-0.39, 0.29) is 0 Å². The normalized spacial score (nSPS) is 10.7. The van der Waals surface area contributed by atoms with E-state index < -0.39 is 0 Å². The Hall–Kier alpha value is -1.20. The third kappa shape index (κ3) is 5.10. The molecule has 0 spiro atoms. The van der Waals surface area contributed by atoms with Crippen LogP contribution in [0.4, 0.5) is 5.69 Å². The van der Waals surface area contributed by atoms with E-state index in [4.69, 9.17) is 15.2 Å². The fraction of sp³-hybridized carbons (Fsp3) is 0.667. The first-order chi connectivity index (χ1) is 8.27. The molecule has 1 aromatic rings. The maximum atomic E-state index is 5.80. The molecule has 0 unspecified atom stereocenters. The van der Waals surface area contributed by atoms with E-state index in [2.05, 4.69) is 16.9 Å². The third-order valence-corrected chi connectivity index (χ3v) is 2.34. The lowest BCUT2D eigenvalue weighted by atomic mass is 10.2. The Morgan fingerprint density at radius 2 is 2.06 bits per heavy atom. The van der Waals surface area contributed by atoms with Crippen molar-refractivity contribution in [2.45, 2.75) is 26.2 Å². The van der Waals surface area contributed by atoms with Crippen molar-refractivity contribution < 1.29 is 9.47 Å². The predicted molar refractivity (Wildman–Crippen MR) is 66.8 cm³/mol. The average molecular weight is 239 g/mol. The summed E-state index contributed by atoms with van der Waals surface area (Å²) < 4.78 is 10.3. The van der Waals surface area contributed by atoms with Gasteiger partial charge >= 0.3 is 0 Å². The van der Waals surface area contributed by atoms with E-state index in [9.17, 15) is 0 Å². The standard InChI is InChI=1S/C12H21N3O2/c1-3-4-11-10(13)9-14-12(15-11)5-6-17-8-7-16-2/h9H,3-8,13H2,1-2H3. The molecular weight excluding hydrogens is 218 g/mol. The molecule has 0 aliphatic carbocycles. The minimum Gasteiger partial charge on any atom is -0.396 e. The Bertz CT molecular complexity index is 332. The molecule has 0 amide bonds. The number of anilines is 1. The lowest BCUT2D eigenvalue weighted by Crippen LogP contribution is -2.09. The summed E-state index contributed by atoms with van der Waals surface area (Å²) in [5.41, 5.74) is 7.41. The first-order valence-electron chi connectivity index (χ1n) is 5.94. The van der Waals surface area contributed by atoms with Crippen molar-refractivity contribution in [2.75, 3.05) is 32.7 Å². The van der Waals surface area contributed by atoms with E-state index in [0.717, 1.165) is 24.4 Å². The monoisotopic (exact) mass is 239 g/mol. The highest BCUT2D eigenvalue weighted by Gasteiger charge is 2.03. The van der Waals surface area contributed by atoms with Gasteiger partial charge in [0.05, 0.1) is 37.4 Å². The van der Waals surface area contributed by atoms with Crippen molar-refractivity contribution in [3.8, 4) is 0 Å². The summed E-state index contributed by atoms with van der Waals surface area (Å²) in [5, 5.41) is 0. The van der Waals surface area contributed by atoms with E-state index in [1.54, 1.807) is 13.3 Å². The average Bonchev–Trinajstić information content (AvgIpc) is 2.33. The Morgan fingerprint density at radius 3 is 2.76 bits per heavy atom. The van der Waals surface area contributed by atoms with Crippen LogP contribution in [0, 0.1) is 0 Å². The van der Waals surface area contributed by atoms with Crippen molar-refractivity contribution in [2.24, 2.45) is 0 Å². The minimum atomic E-state index is 0.604. The molecule has 0 fully saturated rings. The van der Waals surface area contributed by atoms with Crippen molar-refractivity contribution in [3.05, 3.63) is 17.7 Å². The smallest absolute Gasteiger partial charge is 0.131 e. The molecular formula is C12H21N3O2. The van der Waals surface area contributed by atoms with Crippen LogP contribution in [0.3, 0.4) is 0 Å². The van der Waals surface area contributed by atoms with E-state index in [1.807, 2.05) is 0 Å². The lowest BCUT2D eigenvalue weighted by molar-refractivity contribution is 0.0716. The van der Waals surface area contributed by atoms with Crippen LogP contribution >= 0.6 is 0 Å². The number of nitrogen functional groups attached to an aromatic ring is 1. The van der Waals surface area contributed by atoms with Gasteiger partial charge in [-0.05, 0) is 6.42 Å². The van der Waals surface area contributed by atoms with Crippen LogP contribution in [0.2, 0.25) is 0 Å². The maximum Gasteiger partial charge on any atom is 0.131 e. The second kappa shape index (κ2) is 7.97. The molecule has 2 N–H and O–H groups in total. The molecule has 0 atom stereocenters. The molecule has 0 saturated heterocycles. The first kappa shape index (κ1) is 13.9. The number of nitrogens with two attached hydrogens (primary N) is 1. The zero-order valence-electron chi connectivity index (χ0n) is 10.6. The molecule has 96 valence electrons. The molecule has 1 rings (SSSR count). The van der Waals surface area contributed by atoms with Crippen molar-refractivity contribution in [3.63, 3.8) is 0 Å². The summed E-state index contributed by atoms with van der Waals surface area (Å²) in [6.07, 6.45) is 4.32. The van der Waals surface area contributed by atoms with E-state index in [1.165, 1.54) is 0 Å². The predicted octanol–water partition coefficient (Wildman–Crippen LogP) is 1.22. The van der Waals surface area contributed by atoms with Gasteiger partial charge in [-0.25, -0.2) is 9.97 Å². The summed E-state index contributed by atoms with van der Waals surface area (Å²) in [6, 6.07) is 0. The summed E-state index contributed by atoms with van der Waals surface area (Å²) in [5.74, 6) is 0.792. The van der Waals surface area contributed by atoms with Gasteiger partial charge in [0.2, 0.25) is 0 Å². The largest absolute Gasteiger partial charge is 0.396 e. The van der Waals surface area contributed by atoms with E-state index >= 15 is 0 Å². The minimum absolute atomic E-state index is 0.604. The second-order valence-electron chi connectivity index (χ2n) is 3.79. The maximum absolute atomic E-state index is 5.80. The van der Waals surface area contributed by atoms with Gasteiger partial charge in [0.1, 0.15) is 5.82 Å². The van der Waals surface area contributed by atoms with Gasteiger partial charge in [0.25, 0.3) is 0 Å². The Balaban J connectivity index is 2.40. The highest BCUT2D eigenvalue weighted by molar-refractivity contribution is 5.40. The van der Waals surface area contributed by atoms with Crippen molar-refractivity contribution >= 4 is 5.69 Å². The summed E-state index contributed by atoms with van der Waals surface area (Å²) in [4.78, 5) is 8.62. The number of aromatic nitrogens is 2. The number of hydrogen-bond donors (Lipinski definition) is 1. The van der Waals surface area contributed by atoms with Gasteiger partial charge in [-0.2, -0.15) is 0 Å². The van der Waals surface area contributed by atoms with Crippen molar-refractivity contribution in [1.82, 2.24) is 9.97 Å². The van der Waals surface area contributed by atoms with Gasteiger partial charge in [-0.1, -0.05) is 13.3 Å². The zero-order valence-corrected chi connectivity index (χ0v) is 10.6. The zero-order chi connectivity index (χ0) is 12.5. The van der Waals surface area contributed by atoms with Crippen LogP contribution in [-0.2, 0) is 22.3 Å². The Morgan fingerprint density at radius 1 is 1.24 bits per heavy atom. The van der Waals surface area contributed by atoms with Crippen LogP contribution in [0.1, 0.15) is 24.9 Å². The van der Waals surface area contributed by atoms with Crippen LogP contribution in [0.5, 0.6) is 0 Å². The molecule has 0 radical (unpaired) electrons. The number of ether oxygens (including phenoxy) is 2. The molecule has 0 aliphatic heterocycles. The van der Waals surface area contributed by atoms with E-state index in [0.29, 0.717) is 31.9 Å². The number of methoxy groups -OCH3 is 1. The van der Waals surface area contributed by atoms with Gasteiger partial charge in [0, 0.05) is 13.5 Å². The Kier molecular flexibility index (Phi) is 6.50. The molecule has 0 bridgehead atoms. The molecule has 1 aromatic heterocycles.